The fraction of sp³-hybridized carbons (Fsp3) is 0.800. The summed E-state index contributed by atoms with van der Waals surface area (Å²) in [6.45, 7) is 33.1. The highest BCUT2D eigenvalue weighted by atomic mass is 16.5. The van der Waals surface area contributed by atoms with Crippen LogP contribution >= 0.6 is 0 Å². The molecule has 1 saturated heterocycles. The lowest BCUT2D eigenvalue weighted by molar-refractivity contribution is -0.157. The zero-order valence-corrected chi connectivity index (χ0v) is 58.8. The lowest BCUT2D eigenvalue weighted by Gasteiger charge is -2.41. The van der Waals surface area contributed by atoms with E-state index in [0.717, 1.165) is 9.80 Å². The van der Waals surface area contributed by atoms with E-state index in [2.05, 4.69) is 21.3 Å². The number of nitrogens with one attached hydrogen (secondary N) is 4. The van der Waals surface area contributed by atoms with Crippen molar-refractivity contribution in [3.63, 3.8) is 0 Å². The molecule has 1 heterocycles. The fourth-order valence-electron chi connectivity index (χ4n) is 11.4. The third-order valence-corrected chi connectivity index (χ3v) is 17.1. The van der Waals surface area contributed by atoms with Crippen LogP contribution in [0.25, 0.3) is 0 Å². The van der Waals surface area contributed by atoms with E-state index in [4.69, 9.17) is 4.74 Å². The average Bonchev–Trinajstić information content (AvgIpc) is 1.20. The first-order valence-corrected chi connectivity index (χ1v) is 32.2. The Morgan fingerprint density at radius 1 is 0.483 bits per heavy atom. The molecule has 510 valence electrons. The molecule has 0 bridgehead atoms. The normalized spacial score (nSPS) is 27.4. The summed E-state index contributed by atoms with van der Waals surface area (Å²) in [5.41, 5.74) is 0. The van der Waals surface area contributed by atoms with Gasteiger partial charge in [-0.3, -0.25) is 52.7 Å². The van der Waals surface area contributed by atoms with Crippen molar-refractivity contribution < 1.29 is 62.6 Å². The molecule has 1 fully saturated rings. The molecule has 1 aliphatic heterocycles. The van der Waals surface area contributed by atoms with Gasteiger partial charge >= 0.3 is 0 Å². The summed E-state index contributed by atoms with van der Waals surface area (Å²) in [6.07, 6.45) is 2.81. The Balaban J connectivity index is 4.46. The molecule has 24 nitrogen and oxygen atoms in total. The second-order valence-corrected chi connectivity index (χ2v) is 26.6. The predicted molar refractivity (Wildman–Crippen MR) is 344 cm³/mol. The van der Waals surface area contributed by atoms with Crippen molar-refractivity contribution in [2.24, 2.45) is 41.4 Å². The lowest BCUT2D eigenvalue weighted by Crippen LogP contribution is -2.64. The van der Waals surface area contributed by atoms with Gasteiger partial charge < -0.3 is 65.4 Å². The highest BCUT2D eigenvalue weighted by Crippen LogP contribution is 2.26. The summed E-state index contributed by atoms with van der Waals surface area (Å²) >= 11 is 0. The maximum atomic E-state index is 15.2. The SMILES string of the molecule is C/C=C/C[C@@H](C)[C@@H](O)[C@H]1C(=O)N[C@@H](CC)C(=O)N(C)[C@H](C)C(=O)N(CC)[C@@H]([C@H](C)COCC)C(=O)N[C@@H](C(C)C)C(=O)N(C)[C@@H](CC(C)C)C(=O)N[C@@H](C)C(=O)N[C@H](C)C(=O)N(C)[C@@H](CC(C)C)C(=O)N(C)[C@@H](CC(C)C)C(=O)N(C)[C@@H](C(C)C)C(=O)N1C. The van der Waals surface area contributed by atoms with Crippen molar-refractivity contribution in [2.45, 2.75) is 236 Å². The first kappa shape index (κ1) is 80.8. The summed E-state index contributed by atoms with van der Waals surface area (Å²) in [5.74, 6) is -10.5. The van der Waals surface area contributed by atoms with Crippen molar-refractivity contribution in [1.29, 1.82) is 0 Å². The molecule has 0 aromatic carbocycles. The number of amides is 11. The van der Waals surface area contributed by atoms with Gasteiger partial charge in [0.1, 0.15) is 66.5 Å². The molecule has 89 heavy (non-hydrogen) atoms. The fourth-order valence-corrected chi connectivity index (χ4v) is 11.4. The number of nitrogens with zero attached hydrogens (tertiary/aromatic N) is 7. The summed E-state index contributed by atoms with van der Waals surface area (Å²) in [6, 6.07) is -13.9. The van der Waals surface area contributed by atoms with Gasteiger partial charge in [0.15, 0.2) is 0 Å². The van der Waals surface area contributed by atoms with E-state index in [0.29, 0.717) is 6.42 Å². The molecule has 0 aromatic heterocycles. The van der Waals surface area contributed by atoms with Crippen LogP contribution in [0, 0.1) is 41.4 Å². The van der Waals surface area contributed by atoms with Crippen LogP contribution in [-0.4, -0.2) is 239 Å². The van der Waals surface area contributed by atoms with Gasteiger partial charge in [0.25, 0.3) is 0 Å². The van der Waals surface area contributed by atoms with E-state index in [1.54, 1.807) is 75.3 Å². The summed E-state index contributed by atoms with van der Waals surface area (Å²) in [4.78, 5) is 171. The van der Waals surface area contributed by atoms with E-state index in [9.17, 15) is 43.5 Å². The molecule has 0 aliphatic carbocycles. The number of carbonyl (C=O) groups is 11. The second kappa shape index (κ2) is 37.2. The molecule has 0 saturated carbocycles. The first-order chi connectivity index (χ1) is 41.2. The maximum absolute atomic E-state index is 15.2. The zero-order valence-electron chi connectivity index (χ0n) is 58.8. The second-order valence-electron chi connectivity index (χ2n) is 26.6. The molecule has 1 aliphatic rings. The van der Waals surface area contributed by atoms with Crippen LogP contribution in [0.5, 0.6) is 0 Å². The number of likely N-dealkylation sites (N-methyl/N-ethyl adjacent to an activating group) is 7. The van der Waals surface area contributed by atoms with Crippen molar-refractivity contribution in [1.82, 2.24) is 55.6 Å². The highest BCUT2D eigenvalue weighted by Gasteiger charge is 2.46. The summed E-state index contributed by atoms with van der Waals surface area (Å²) < 4.78 is 5.79. The Bertz CT molecular complexity index is 2420. The van der Waals surface area contributed by atoms with Crippen molar-refractivity contribution in [2.75, 3.05) is 62.0 Å². The van der Waals surface area contributed by atoms with Gasteiger partial charge in [-0.2, -0.15) is 0 Å². The largest absolute Gasteiger partial charge is 0.390 e. The topological polar surface area (TPSA) is 288 Å². The Morgan fingerprint density at radius 3 is 1.40 bits per heavy atom. The van der Waals surface area contributed by atoms with Gasteiger partial charge in [-0.1, -0.05) is 102 Å². The molecule has 11 amide bonds. The van der Waals surface area contributed by atoms with E-state index >= 15 is 14.4 Å². The van der Waals surface area contributed by atoms with Crippen LogP contribution in [-0.2, 0) is 57.5 Å². The lowest BCUT2D eigenvalue weighted by atomic mass is 9.91. The molecule has 0 unspecified atom stereocenters. The van der Waals surface area contributed by atoms with Crippen LogP contribution in [0.3, 0.4) is 0 Å². The summed E-state index contributed by atoms with van der Waals surface area (Å²) in [5, 5.41) is 23.3. The number of rotatable bonds is 18. The van der Waals surface area contributed by atoms with Crippen LogP contribution in [0.4, 0.5) is 0 Å². The van der Waals surface area contributed by atoms with Gasteiger partial charge in [-0.05, 0) is 109 Å². The third-order valence-electron chi connectivity index (χ3n) is 17.1. The minimum absolute atomic E-state index is 0.00146. The van der Waals surface area contributed by atoms with Crippen molar-refractivity contribution in [3.8, 4) is 0 Å². The van der Waals surface area contributed by atoms with Crippen LogP contribution in [0.2, 0.25) is 0 Å². The molecule has 24 heteroatoms. The Morgan fingerprint density at radius 2 is 0.944 bits per heavy atom. The molecular formula is C65H117N11O13. The van der Waals surface area contributed by atoms with Crippen molar-refractivity contribution >= 4 is 65.0 Å². The van der Waals surface area contributed by atoms with Crippen LogP contribution in [0.15, 0.2) is 12.2 Å². The van der Waals surface area contributed by atoms with E-state index < -0.39 is 161 Å². The first-order valence-electron chi connectivity index (χ1n) is 32.2. The number of ether oxygens (including phenoxy) is 1. The average molecular weight is 1260 g/mol. The Kier molecular flexibility index (Phi) is 33.8. The monoisotopic (exact) mass is 1260 g/mol. The quantitative estimate of drug-likeness (QED) is 0.123. The van der Waals surface area contributed by atoms with Crippen LogP contribution < -0.4 is 21.3 Å². The Hall–Kier alpha value is -6.17. The minimum atomic E-state index is -1.63. The maximum Gasteiger partial charge on any atom is 0.246 e. The number of aliphatic hydroxyl groups is 1. The molecular weight excluding hydrogens is 1140 g/mol. The molecule has 1 rings (SSSR count). The number of allylic oxidation sites excluding steroid dienone is 2. The van der Waals surface area contributed by atoms with Gasteiger partial charge in [0.05, 0.1) is 12.7 Å². The van der Waals surface area contributed by atoms with Gasteiger partial charge in [0.2, 0.25) is 65.0 Å². The highest BCUT2D eigenvalue weighted by molar-refractivity contribution is 6.00. The van der Waals surface area contributed by atoms with Gasteiger partial charge in [-0.25, -0.2) is 0 Å². The molecule has 0 spiro atoms. The predicted octanol–water partition coefficient (Wildman–Crippen LogP) is 3.67. The zero-order chi connectivity index (χ0) is 69.0. The molecule has 0 radical (unpaired) electrons. The minimum Gasteiger partial charge on any atom is -0.390 e. The molecule has 0 aromatic rings. The number of carbonyl (C=O) groups excluding carboxylic acids is 11. The van der Waals surface area contributed by atoms with E-state index in [1.807, 2.05) is 47.6 Å². The molecule has 5 N–H and O–H groups in total. The van der Waals surface area contributed by atoms with Crippen LogP contribution in [0.1, 0.15) is 164 Å². The number of hydrogen-bond donors (Lipinski definition) is 5. The van der Waals surface area contributed by atoms with E-state index in [-0.39, 0.29) is 63.2 Å². The summed E-state index contributed by atoms with van der Waals surface area (Å²) in [7, 11) is 8.51. The third kappa shape index (κ3) is 22.0. The standard InChI is InChI=1S/C65H117N11O13/c1-26-30-31-41(15)54(77)53-58(81)68-46(27-2)61(84)70(20)45(19)60(83)76(28-3)52(42(16)35-89-29-4)57(80)69-50(39(11)12)64(87)71(21)47(32-36(5)6)56(79)66-43(17)55(78)67-44(18)59(82)72(22)48(33-37(7)8)62(85)73(23)49(34-38(9)10)63(86)74(24)51(40(13)14)65(88)75(53)25/h26,30,36-54,77H,27-29,31-35H2,1-25H3,(H,66,79)(H,67,78)(H,68,81)(H,69,80)/b30-26+/t41-,42-,43+,44-,45-,46+,47+,48+,49+,50+,51+,52+,53+,54-/m1/s1. The number of hydrogen-bond acceptors (Lipinski definition) is 13. The van der Waals surface area contributed by atoms with E-state index in [1.165, 1.54) is 87.6 Å². The number of aliphatic hydroxyl groups excluding tert-OH is 1. The van der Waals surface area contributed by atoms with Gasteiger partial charge in [0, 0.05) is 61.4 Å². The van der Waals surface area contributed by atoms with Gasteiger partial charge in [-0.15, -0.1) is 0 Å². The molecule has 14 atom stereocenters. The smallest absolute Gasteiger partial charge is 0.246 e. The Labute approximate surface area is 533 Å². The van der Waals surface area contributed by atoms with Crippen molar-refractivity contribution in [3.05, 3.63) is 12.2 Å².